The first kappa shape index (κ1) is 18.5. The molecule has 0 saturated carbocycles. The lowest BCUT2D eigenvalue weighted by molar-refractivity contribution is -0.118. The lowest BCUT2D eigenvalue weighted by atomic mass is 10.3. The van der Waals surface area contributed by atoms with Gasteiger partial charge in [-0.1, -0.05) is 29.1 Å². The number of amides is 1. The summed E-state index contributed by atoms with van der Waals surface area (Å²) >= 11 is 5.96. The van der Waals surface area contributed by atoms with Gasteiger partial charge in [-0.25, -0.2) is 13.1 Å². The fourth-order valence-corrected chi connectivity index (χ4v) is 3.97. The van der Waals surface area contributed by atoms with Gasteiger partial charge in [-0.15, -0.1) is 0 Å². The molecule has 2 heterocycles. The lowest BCUT2D eigenvalue weighted by Crippen LogP contribution is -2.22. The second kappa shape index (κ2) is 7.13. The van der Waals surface area contributed by atoms with Crippen LogP contribution in [0.15, 0.2) is 43.9 Å². The van der Waals surface area contributed by atoms with Gasteiger partial charge in [0.15, 0.2) is 0 Å². The molecule has 1 aliphatic heterocycles. The van der Waals surface area contributed by atoms with Gasteiger partial charge in [0.1, 0.15) is 4.32 Å². The maximum absolute atomic E-state index is 12.4. The normalized spacial score (nSPS) is 17.7. The Morgan fingerprint density at radius 3 is 2.54 bits per heavy atom. The van der Waals surface area contributed by atoms with E-state index in [2.05, 4.69) is 25.4 Å². The van der Waals surface area contributed by atoms with Crippen molar-refractivity contribution < 1.29 is 17.7 Å². The quantitative estimate of drug-likeness (QED) is 0.572. The number of benzene rings is 1. The molecule has 12 heteroatoms. The summed E-state index contributed by atoms with van der Waals surface area (Å²) in [7, 11) is -3.83. The van der Waals surface area contributed by atoms with Gasteiger partial charge >= 0.3 is 0 Å². The summed E-state index contributed by atoms with van der Waals surface area (Å²) in [5.74, 6) is -0.253. The Labute approximate surface area is 158 Å². The fourth-order valence-electron chi connectivity index (χ4n) is 1.93. The van der Waals surface area contributed by atoms with Crippen molar-refractivity contribution in [3.63, 3.8) is 0 Å². The van der Waals surface area contributed by atoms with Gasteiger partial charge in [-0.3, -0.25) is 4.79 Å². The van der Waals surface area contributed by atoms with Crippen LogP contribution >= 0.6 is 24.0 Å². The minimum atomic E-state index is -3.83. The van der Waals surface area contributed by atoms with Crippen LogP contribution in [0.25, 0.3) is 0 Å². The molecule has 1 atom stereocenters. The van der Waals surface area contributed by atoms with E-state index in [9.17, 15) is 13.2 Å². The number of rotatable bonds is 5. The third kappa shape index (κ3) is 3.92. The van der Waals surface area contributed by atoms with Crippen molar-refractivity contribution >= 4 is 55.8 Å². The zero-order chi connectivity index (χ0) is 18.9. The molecular formula is C14H13N5O4S3. The molecule has 2 N–H and O–H groups in total. The van der Waals surface area contributed by atoms with Crippen LogP contribution < -0.4 is 10.0 Å². The standard InChI is InChI=1S/C14H13N5O4S3/c1-7-8(2)18-23-12(7)19-26(21,22)10-5-3-9(4-6-10)16-17-13-11(20)15-14(24)25-13/h3-6,13,19H,1-2H3,(H,15,20,24)/t13-/m1/s1. The summed E-state index contributed by atoms with van der Waals surface area (Å²) in [4.78, 5) is 11.5. The third-order valence-electron chi connectivity index (χ3n) is 3.48. The van der Waals surface area contributed by atoms with Crippen LogP contribution in [0, 0.1) is 13.8 Å². The van der Waals surface area contributed by atoms with Crippen LogP contribution in [0.3, 0.4) is 0 Å². The number of hydrogen-bond acceptors (Lipinski definition) is 9. The molecule has 136 valence electrons. The van der Waals surface area contributed by atoms with Crippen LogP contribution in [-0.2, 0) is 14.8 Å². The monoisotopic (exact) mass is 411 g/mol. The Hall–Kier alpha value is -2.31. The zero-order valence-electron chi connectivity index (χ0n) is 13.6. The number of nitrogens with one attached hydrogen (secondary N) is 2. The van der Waals surface area contributed by atoms with Crippen molar-refractivity contribution in [2.45, 2.75) is 24.1 Å². The van der Waals surface area contributed by atoms with Crippen molar-refractivity contribution in [1.29, 1.82) is 0 Å². The second-order valence-corrected chi connectivity index (χ2v) is 8.72. The number of sulfonamides is 1. The van der Waals surface area contributed by atoms with E-state index in [0.717, 1.165) is 11.8 Å². The van der Waals surface area contributed by atoms with Crippen LogP contribution in [0.5, 0.6) is 0 Å². The summed E-state index contributed by atoms with van der Waals surface area (Å²) in [5.41, 5.74) is 1.62. The average Bonchev–Trinajstić information content (AvgIpc) is 3.08. The van der Waals surface area contributed by atoms with Crippen LogP contribution in [0.4, 0.5) is 11.6 Å². The average molecular weight is 411 g/mol. The van der Waals surface area contributed by atoms with E-state index in [1.807, 2.05) is 0 Å². The van der Waals surface area contributed by atoms with E-state index in [0.29, 0.717) is 21.3 Å². The molecule has 9 nitrogen and oxygen atoms in total. The minimum absolute atomic E-state index is 0.0269. The van der Waals surface area contributed by atoms with Gasteiger partial charge in [0, 0.05) is 5.56 Å². The fraction of sp³-hybridized carbons (Fsp3) is 0.214. The molecule has 1 aliphatic rings. The Morgan fingerprint density at radius 2 is 2.00 bits per heavy atom. The molecule has 1 aromatic heterocycles. The van der Waals surface area contributed by atoms with Crippen LogP contribution in [0.1, 0.15) is 11.3 Å². The van der Waals surface area contributed by atoms with E-state index < -0.39 is 15.4 Å². The van der Waals surface area contributed by atoms with E-state index in [-0.39, 0.29) is 16.7 Å². The van der Waals surface area contributed by atoms with E-state index in [1.54, 1.807) is 13.8 Å². The Balaban J connectivity index is 1.73. The molecule has 0 bridgehead atoms. The molecule has 0 radical (unpaired) electrons. The first-order chi connectivity index (χ1) is 12.3. The van der Waals surface area contributed by atoms with Gasteiger partial charge in [0.25, 0.3) is 15.9 Å². The molecule has 1 amide bonds. The number of thiocarbonyl (C=S) groups is 1. The Bertz CT molecular complexity index is 998. The number of hydrogen-bond donors (Lipinski definition) is 2. The summed E-state index contributed by atoms with van der Waals surface area (Å²) in [6.07, 6.45) is 0. The highest BCUT2D eigenvalue weighted by atomic mass is 32.2. The maximum Gasteiger partial charge on any atom is 0.264 e. The van der Waals surface area contributed by atoms with Crippen molar-refractivity contribution in [2.75, 3.05) is 4.72 Å². The summed E-state index contributed by atoms with van der Waals surface area (Å²) in [5, 5.41) is 13.3. The number of anilines is 1. The minimum Gasteiger partial charge on any atom is -0.337 e. The molecule has 1 saturated heterocycles. The summed E-state index contributed by atoms with van der Waals surface area (Å²) in [6, 6.07) is 5.71. The highest BCUT2D eigenvalue weighted by Gasteiger charge is 2.28. The van der Waals surface area contributed by atoms with Gasteiger partial charge in [-0.05, 0) is 38.1 Å². The molecular weight excluding hydrogens is 398 g/mol. The van der Waals surface area contributed by atoms with Gasteiger partial charge in [-0.2, -0.15) is 10.2 Å². The van der Waals surface area contributed by atoms with Gasteiger partial charge in [0.2, 0.25) is 11.3 Å². The van der Waals surface area contributed by atoms with E-state index >= 15 is 0 Å². The molecule has 1 fully saturated rings. The first-order valence-corrected chi connectivity index (χ1v) is 10.0. The van der Waals surface area contributed by atoms with Crippen molar-refractivity contribution in [1.82, 2.24) is 10.5 Å². The van der Waals surface area contributed by atoms with Gasteiger partial charge < -0.3 is 9.84 Å². The topological polar surface area (TPSA) is 126 Å². The van der Waals surface area contributed by atoms with Crippen molar-refractivity contribution in [2.24, 2.45) is 10.2 Å². The van der Waals surface area contributed by atoms with Crippen molar-refractivity contribution in [3.05, 3.63) is 35.5 Å². The molecule has 0 unspecified atom stereocenters. The predicted octanol–water partition coefficient (Wildman–Crippen LogP) is 2.65. The molecule has 0 spiro atoms. The third-order valence-corrected chi connectivity index (χ3v) is 6.06. The number of nitrogens with zero attached hydrogens (tertiary/aromatic N) is 3. The lowest BCUT2D eigenvalue weighted by Gasteiger charge is -2.05. The molecule has 26 heavy (non-hydrogen) atoms. The number of aromatic nitrogens is 1. The van der Waals surface area contributed by atoms with E-state index in [4.69, 9.17) is 16.7 Å². The first-order valence-electron chi connectivity index (χ1n) is 7.24. The number of azo groups is 1. The SMILES string of the molecule is Cc1noc(NS(=O)(=O)c2ccc(N=N[C@@H]3SC(=S)NC3=O)cc2)c1C. The summed E-state index contributed by atoms with van der Waals surface area (Å²) < 4.78 is 32.5. The van der Waals surface area contributed by atoms with E-state index in [1.165, 1.54) is 24.3 Å². The highest BCUT2D eigenvalue weighted by Crippen LogP contribution is 2.25. The largest absolute Gasteiger partial charge is 0.337 e. The van der Waals surface area contributed by atoms with Crippen LogP contribution in [0.2, 0.25) is 0 Å². The molecule has 3 rings (SSSR count). The number of thioether (sulfide) groups is 1. The molecule has 2 aromatic rings. The molecule has 1 aromatic carbocycles. The second-order valence-electron chi connectivity index (χ2n) is 5.28. The predicted molar refractivity (Wildman–Crippen MR) is 99.9 cm³/mol. The maximum atomic E-state index is 12.4. The smallest absolute Gasteiger partial charge is 0.264 e. The molecule has 0 aliphatic carbocycles. The Morgan fingerprint density at radius 1 is 1.31 bits per heavy atom. The Kier molecular flexibility index (Phi) is 5.07. The number of carbonyl (C=O) groups excluding carboxylic acids is 1. The summed E-state index contributed by atoms with van der Waals surface area (Å²) in [6.45, 7) is 3.42. The van der Waals surface area contributed by atoms with Crippen LogP contribution in [-0.4, -0.2) is 29.2 Å². The van der Waals surface area contributed by atoms with Crippen molar-refractivity contribution in [3.8, 4) is 0 Å². The zero-order valence-corrected chi connectivity index (χ0v) is 16.0. The number of carbonyl (C=O) groups is 1. The highest BCUT2D eigenvalue weighted by molar-refractivity contribution is 8.24. The van der Waals surface area contributed by atoms with Gasteiger partial charge in [0.05, 0.1) is 16.3 Å². The number of aryl methyl sites for hydroxylation is 1.